The molecule has 0 bridgehead atoms. The van der Waals surface area contributed by atoms with Crippen LogP contribution in [0.5, 0.6) is 0 Å². The molecule has 0 aromatic rings. The van der Waals surface area contributed by atoms with Gasteiger partial charge in [-0.3, -0.25) is 9.59 Å². The zero-order valence-corrected chi connectivity index (χ0v) is 40.1. The first kappa shape index (κ1) is 58.1. The summed E-state index contributed by atoms with van der Waals surface area (Å²) in [5.74, 6) is -0.495. The molecule has 3 atom stereocenters. The van der Waals surface area contributed by atoms with Crippen molar-refractivity contribution >= 4 is 11.9 Å². The number of rotatable bonds is 47. The van der Waals surface area contributed by atoms with E-state index >= 15 is 0 Å². The van der Waals surface area contributed by atoms with Gasteiger partial charge in [-0.05, 0) is 77.0 Å². The molecule has 0 aromatic heterocycles. The van der Waals surface area contributed by atoms with Crippen LogP contribution in [0.25, 0.3) is 0 Å². The number of carbonyl (C=O) groups excluding carboxylic acids is 2. The summed E-state index contributed by atoms with van der Waals surface area (Å²) < 4.78 is 5.90. The predicted molar refractivity (Wildman–Crippen MR) is 259 cm³/mol. The molecule has 6 heteroatoms. The maximum absolute atomic E-state index is 13.2. The normalized spacial score (nSPS) is 13.5. The summed E-state index contributed by atoms with van der Waals surface area (Å²) in [6.45, 7) is 6.40. The molecule has 0 radical (unpaired) electrons. The Hall–Kier alpha value is -1.92. The number of hydrogen-bond donors (Lipinski definition) is 3. The molecule has 0 rings (SSSR count). The van der Waals surface area contributed by atoms with E-state index in [9.17, 15) is 19.8 Å². The smallest absolute Gasteiger partial charge is 0.306 e. The number of nitrogens with one attached hydrogen (secondary N) is 1. The molecule has 0 saturated carbocycles. The van der Waals surface area contributed by atoms with E-state index in [4.69, 9.17) is 4.74 Å². The van der Waals surface area contributed by atoms with Gasteiger partial charge in [0.1, 0.15) is 6.10 Å². The summed E-state index contributed by atoms with van der Waals surface area (Å²) in [5.41, 5.74) is 0. The van der Waals surface area contributed by atoms with E-state index in [1.54, 1.807) is 0 Å². The van der Waals surface area contributed by atoms with Crippen molar-refractivity contribution in [1.82, 2.24) is 5.32 Å². The second kappa shape index (κ2) is 48.1. The monoisotopic (exact) mass is 844 g/mol. The Morgan fingerprint density at radius 3 is 1.40 bits per heavy atom. The van der Waals surface area contributed by atoms with Gasteiger partial charge in [0, 0.05) is 6.42 Å². The molecular formula is C54H101NO5. The van der Waals surface area contributed by atoms with Crippen LogP contribution in [0, 0.1) is 0 Å². The molecule has 1 amide bonds. The predicted octanol–water partition coefficient (Wildman–Crippen LogP) is 15.7. The molecular weight excluding hydrogens is 743 g/mol. The zero-order valence-electron chi connectivity index (χ0n) is 40.1. The van der Waals surface area contributed by atoms with Crippen molar-refractivity contribution in [3.05, 3.63) is 36.5 Å². The maximum atomic E-state index is 13.2. The van der Waals surface area contributed by atoms with Crippen molar-refractivity contribution in [3.8, 4) is 0 Å². The molecule has 3 N–H and O–H groups in total. The number of ether oxygens (including phenoxy) is 1. The van der Waals surface area contributed by atoms with E-state index in [-0.39, 0.29) is 24.9 Å². The molecule has 0 saturated heterocycles. The average molecular weight is 844 g/mol. The van der Waals surface area contributed by atoms with Crippen LogP contribution < -0.4 is 5.32 Å². The Morgan fingerprint density at radius 2 is 0.883 bits per heavy atom. The van der Waals surface area contributed by atoms with Gasteiger partial charge in [-0.1, -0.05) is 218 Å². The van der Waals surface area contributed by atoms with Gasteiger partial charge in [0.15, 0.2) is 0 Å². The van der Waals surface area contributed by atoms with Crippen LogP contribution in [0.1, 0.15) is 271 Å². The maximum Gasteiger partial charge on any atom is 0.306 e. The second-order valence-electron chi connectivity index (χ2n) is 17.9. The minimum atomic E-state index is -0.790. The largest absolute Gasteiger partial charge is 0.462 e. The molecule has 352 valence electrons. The molecule has 60 heavy (non-hydrogen) atoms. The van der Waals surface area contributed by atoms with Gasteiger partial charge in [0.2, 0.25) is 5.91 Å². The fraction of sp³-hybridized carbons (Fsp3) is 0.852. The Morgan fingerprint density at radius 1 is 0.483 bits per heavy atom. The lowest BCUT2D eigenvalue weighted by Gasteiger charge is -2.24. The zero-order chi connectivity index (χ0) is 43.8. The SMILES string of the molecule is CCC/C=C\CCCCCC(CC(=O)NC(CO)C(O)CCCCCCCCCCCCCCCCCC)OC(=O)CCCCCCCCC/C=C\C/C=C\CCCCC. The minimum absolute atomic E-state index is 0.0648. The van der Waals surface area contributed by atoms with Gasteiger partial charge < -0.3 is 20.3 Å². The van der Waals surface area contributed by atoms with E-state index in [2.05, 4.69) is 62.5 Å². The molecule has 0 aliphatic carbocycles. The molecule has 0 heterocycles. The summed E-state index contributed by atoms with van der Waals surface area (Å²) in [5, 5.41) is 23.7. The summed E-state index contributed by atoms with van der Waals surface area (Å²) >= 11 is 0. The average Bonchev–Trinajstić information content (AvgIpc) is 3.24. The molecule has 0 spiro atoms. The Bertz CT molecular complexity index is 993. The highest BCUT2D eigenvalue weighted by Gasteiger charge is 2.24. The third-order valence-corrected chi connectivity index (χ3v) is 11.9. The quantitative estimate of drug-likeness (QED) is 0.0322. The summed E-state index contributed by atoms with van der Waals surface area (Å²) in [6, 6.07) is -0.705. The lowest BCUT2D eigenvalue weighted by molar-refractivity contribution is -0.151. The lowest BCUT2D eigenvalue weighted by atomic mass is 10.0. The van der Waals surface area contributed by atoms with Crippen molar-refractivity contribution in [3.63, 3.8) is 0 Å². The Balaban J connectivity index is 4.38. The van der Waals surface area contributed by atoms with Gasteiger partial charge in [0.25, 0.3) is 0 Å². The number of allylic oxidation sites excluding steroid dienone is 6. The van der Waals surface area contributed by atoms with Crippen LogP contribution in [-0.2, 0) is 14.3 Å². The molecule has 0 aliphatic rings. The van der Waals surface area contributed by atoms with Gasteiger partial charge in [0.05, 0.1) is 25.2 Å². The van der Waals surface area contributed by atoms with Gasteiger partial charge >= 0.3 is 5.97 Å². The highest BCUT2D eigenvalue weighted by Crippen LogP contribution is 2.18. The highest BCUT2D eigenvalue weighted by atomic mass is 16.5. The van der Waals surface area contributed by atoms with Crippen molar-refractivity contribution in [2.24, 2.45) is 0 Å². The molecule has 6 nitrogen and oxygen atoms in total. The number of aliphatic hydroxyl groups is 2. The van der Waals surface area contributed by atoms with Crippen molar-refractivity contribution < 1.29 is 24.5 Å². The third kappa shape index (κ3) is 42.8. The van der Waals surface area contributed by atoms with Gasteiger partial charge in [-0.25, -0.2) is 0 Å². The van der Waals surface area contributed by atoms with Crippen LogP contribution in [0.2, 0.25) is 0 Å². The first-order valence-electron chi connectivity index (χ1n) is 26.2. The number of unbranched alkanes of at least 4 members (excludes halogenated alkanes) is 29. The van der Waals surface area contributed by atoms with Crippen LogP contribution >= 0.6 is 0 Å². The fourth-order valence-corrected chi connectivity index (χ4v) is 7.93. The third-order valence-electron chi connectivity index (χ3n) is 11.9. The van der Waals surface area contributed by atoms with Gasteiger partial charge in [-0.15, -0.1) is 0 Å². The number of amides is 1. The first-order chi connectivity index (χ1) is 29.5. The standard InChI is InChI=1S/C54H101NO5/c1-4-7-10-13-16-19-21-23-25-27-29-31-33-35-38-41-44-47-54(59)60-50(45-42-39-36-18-15-12-9-6-3)48-53(58)55-51(49-56)52(57)46-43-40-37-34-32-30-28-26-24-22-20-17-14-11-8-5-2/h12,15-16,19,23,25,50-52,56-57H,4-11,13-14,17-18,20-22,24,26-49H2,1-3H3,(H,55,58)/b15-12-,19-16-,25-23-. The first-order valence-corrected chi connectivity index (χ1v) is 26.2. The summed E-state index contributed by atoms with van der Waals surface area (Å²) in [7, 11) is 0. The van der Waals surface area contributed by atoms with E-state index in [0.717, 1.165) is 83.5 Å². The number of aliphatic hydroxyl groups excluding tert-OH is 2. The van der Waals surface area contributed by atoms with Crippen molar-refractivity contribution in [1.29, 1.82) is 0 Å². The van der Waals surface area contributed by atoms with Gasteiger partial charge in [-0.2, -0.15) is 0 Å². The van der Waals surface area contributed by atoms with Crippen molar-refractivity contribution in [2.75, 3.05) is 6.61 Å². The van der Waals surface area contributed by atoms with E-state index < -0.39 is 18.2 Å². The minimum Gasteiger partial charge on any atom is -0.462 e. The summed E-state index contributed by atoms with van der Waals surface area (Å²) in [4.78, 5) is 26.0. The molecule has 0 aromatic carbocycles. The van der Waals surface area contributed by atoms with Crippen LogP contribution in [0.15, 0.2) is 36.5 Å². The Kier molecular flexibility index (Phi) is 46.6. The topological polar surface area (TPSA) is 95.9 Å². The van der Waals surface area contributed by atoms with Crippen LogP contribution in [0.4, 0.5) is 0 Å². The fourth-order valence-electron chi connectivity index (χ4n) is 7.93. The number of esters is 1. The molecule has 3 unspecified atom stereocenters. The number of carbonyl (C=O) groups is 2. The van der Waals surface area contributed by atoms with E-state index in [0.29, 0.717) is 19.3 Å². The molecule has 0 aliphatic heterocycles. The Labute approximate surface area is 373 Å². The van der Waals surface area contributed by atoms with Crippen LogP contribution in [0.3, 0.4) is 0 Å². The van der Waals surface area contributed by atoms with E-state index in [1.165, 1.54) is 141 Å². The number of hydrogen-bond acceptors (Lipinski definition) is 5. The molecule has 0 fully saturated rings. The van der Waals surface area contributed by atoms with Crippen LogP contribution in [-0.4, -0.2) is 46.9 Å². The lowest BCUT2D eigenvalue weighted by Crippen LogP contribution is -2.46. The van der Waals surface area contributed by atoms with Crippen molar-refractivity contribution in [2.45, 2.75) is 289 Å². The second-order valence-corrected chi connectivity index (χ2v) is 17.9. The highest BCUT2D eigenvalue weighted by molar-refractivity contribution is 5.77. The summed E-state index contributed by atoms with van der Waals surface area (Å²) in [6.07, 6.45) is 56.4. The van der Waals surface area contributed by atoms with E-state index in [1.807, 2.05) is 0 Å².